The van der Waals surface area contributed by atoms with E-state index in [-0.39, 0.29) is 36.1 Å². The van der Waals surface area contributed by atoms with Crippen molar-refractivity contribution in [3.63, 3.8) is 0 Å². The van der Waals surface area contributed by atoms with E-state index < -0.39 is 23.8 Å². The van der Waals surface area contributed by atoms with Crippen LogP contribution in [-0.2, 0) is 20.7 Å². The van der Waals surface area contributed by atoms with Crippen LogP contribution in [0, 0.1) is 0 Å². The molecule has 0 radical (unpaired) electrons. The molecule has 2 aliphatic carbocycles. The predicted octanol–water partition coefficient (Wildman–Crippen LogP) is 6.04. The SMILES string of the molecule is C=Cc1cccc(C(C(=O)NC2CCCCC2)N(C(=O)C(Cc2ccc(O)cc2)NC(=O)OC(C)(C)C)C2CCC2)c1. The maximum atomic E-state index is 14.6. The van der Waals surface area contributed by atoms with Gasteiger partial charge in [-0.05, 0) is 87.8 Å². The molecule has 226 valence electrons. The molecule has 0 bridgehead atoms. The molecule has 2 saturated carbocycles. The Morgan fingerprint density at radius 2 is 1.71 bits per heavy atom. The lowest BCUT2D eigenvalue weighted by Gasteiger charge is -2.44. The Kier molecular flexibility index (Phi) is 10.3. The normalized spacial score (nSPS) is 17.3. The number of carbonyl (C=O) groups excluding carboxylic acids is 3. The van der Waals surface area contributed by atoms with Crippen LogP contribution in [0.3, 0.4) is 0 Å². The summed E-state index contributed by atoms with van der Waals surface area (Å²) < 4.78 is 5.53. The number of hydrogen-bond donors (Lipinski definition) is 3. The number of nitrogens with zero attached hydrogens (tertiary/aromatic N) is 1. The van der Waals surface area contributed by atoms with E-state index in [2.05, 4.69) is 17.2 Å². The molecule has 0 aliphatic heterocycles. The molecule has 4 rings (SSSR count). The zero-order valence-corrected chi connectivity index (χ0v) is 25.1. The fourth-order valence-electron chi connectivity index (χ4n) is 5.70. The van der Waals surface area contributed by atoms with Crippen LogP contribution in [0.1, 0.15) is 94.9 Å². The lowest BCUT2D eigenvalue weighted by atomic mass is 9.87. The standard InChI is InChI=1S/C34H45N3O5/c1-5-23-11-9-12-25(21-23)30(31(39)35-26-13-7-6-8-14-26)37(27-15-10-16-27)32(40)29(36-33(41)42-34(2,3)4)22-24-17-19-28(38)20-18-24/h5,9,11-12,17-21,26-27,29-30,38H,1,6-8,10,13-16,22H2,2-4H3,(H,35,39)(H,36,41). The van der Waals surface area contributed by atoms with Crippen molar-refractivity contribution in [1.82, 2.24) is 15.5 Å². The number of phenols is 1. The van der Waals surface area contributed by atoms with Crippen LogP contribution in [0.2, 0.25) is 0 Å². The Labute approximate surface area is 249 Å². The number of aromatic hydroxyl groups is 1. The number of rotatable bonds is 10. The first-order chi connectivity index (χ1) is 20.0. The molecule has 8 heteroatoms. The van der Waals surface area contributed by atoms with E-state index in [4.69, 9.17) is 4.74 Å². The minimum atomic E-state index is -0.988. The number of alkyl carbamates (subject to hydrolysis) is 1. The first-order valence-corrected chi connectivity index (χ1v) is 15.2. The molecule has 2 aromatic rings. The fraction of sp³-hybridized carbons (Fsp3) is 0.500. The Balaban J connectivity index is 1.72. The highest BCUT2D eigenvalue weighted by atomic mass is 16.6. The summed E-state index contributed by atoms with van der Waals surface area (Å²) in [6.45, 7) is 9.19. The van der Waals surface area contributed by atoms with Crippen LogP contribution >= 0.6 is 0 Å². The first-order valence-electron chi connectivity index (χ1n) is 15.2. The lowest BCUT2D eigenvalue weighted by Crippen LogP contribution is -2.58. The number of carbonyl (C=O) groups is 3. The Hall–Kier alpha value is -3.81. The molecule has 2 atom stereocenters. The second kappa shape index (κ2) is 13.9. The summed E-state index contributed by atoms with van der Waals surface area (Å²) in [5.74, 6) is -0.435. The molecule has 0 aromatic heterocycles. The molecular weight excluding hydrogens is 530 g/mol. The Morgan fingerprint density at radius 1 is 1.02 bits per heavy atom. The Morgan fingerprint density at radius 3 is 2.31 bits per heavy atom. The lowest BCUT2D eigenvalue weighted by molar-refractivity contribution is -0.147. The maximum absolute atomic E-state index is 14.6. The van der Waals surface area contributed by atoms with Gasteiger partial charge in [-0.25, -0.2) is 4.79 Å². The van der Waals surface area contributed by atoms with Crippen LogP contribution < -0.4 is 10.6 Å². The Bertz CT molecular complexity index is 1240. The predicted molar refractivity (Wildman–Crippen MR) is 164 cm³/mol. The van der Waals surface area contributed by atoms with Gasteiger partial charge in [-0.15, -0.1) is 0 Å². The van der Waals surface area contributed by atoms with Gasteiger partial charge in [0.1, 0.15) is 23.4 Å². The molecule has 2 aliphatic rings. The van der Waals surface area contributed by atoms with E-state index in [0.717, 1.165) is 56.1 Å². The highest BCUT2D eigenvalue weighted by Gasteiger charge is 2.42. The molecule has 2 unspecified atom stereocenters. The van der Waals surface area contributed by atoms with E-state index in [1.54, 1.807) is 56.0 Å². The van der Waals surface area contributed by atoms with Gasteiger partial charge in [-0.3, -0.25) is 9.59 Å². The quantitative estimate of drug-likeness (QED) is 0.320. The second-order valence-electron chi connectivity index (χ2n) is 12.5. The van der Waals surface area contributed by atoms with Gasteiger partial charge in [0.25, 0.3) is 0 Å². The highest BCUT2D eigenvalue weighted by Crippen LogP contribution is 2.35. The van der Waals surface area contributed by atoms with Crippen molar-refractivity contribution in [2.75, 3.05) is 0 Å². The molecular formula is C34H45N3O5. The fourth-order valence-corrected chi connectivity index (χ4v) is 5.70. The number of hydrogen-bond acceptors (Lipinski definition) is 5. The van der Waals surface area contributed by atoms with Gasteiger partial charge in [0.05, 0.1) is 0 Å². The van der Waals surface area contributed by atoms with E-state index in [1.807, 2.05) is 24.3 Å². The third kappa shape index (κ3) is 8.37. The second-order valence-corrected chi connectivity index (χ2v) is 12.5. The molecule has 2 aromatic carbocycles. The van der Waals surface area contributed by atoms with Gasteiger partial charge in [-0.2, -0.15) is 0 Å². The molecule has 0 saturated heterocycles. The third-order valence-corrected chi connectivity index (χ3v) is 8.03. The molecule has 8 nitrogen and oxygen atoms in total. The van der Waals surface area contributed by atoms with Gasteiger partial charge < -0.3 is 25.4 Å². The van der Waals surface area contributed by atoms with Crippen molar-refractivity contribution in [1.29, 1.82) is 0 Å². The van der Waals surface area contributed by atoms with Crippen LogP contribution in [0.15, 0.2) is 55.1 Å². The van der Waals surface area contributed by atoms with E-state index >= 15 is 0 Å². The summed E-state index contributed by atoms with van der Waals surface area (Å²) in [4.78, 5) is 43.5. The van der Waals surface area contributed by atoms with Gasteiger partial charge in [0.15, 0.2) is 0 Å². The van der Waals surface area contributed by atoms with Crippen LogP contribution in [-0.4, -0.2) is 51.6 Å². The topological polar surface area (TPSA) is 108 Å². The van der Waals surface area contributed by atoms with Gasteiger partial charge in [0, 0.05) is 18.5 Å². The molecule has 2 fully saturated rings. The summed E-state index contributed by atoms with van der Waals surface area (Å²) in [5.41, 5.74) is 1.57. The number of phenolic OH excluding ortho intramolecular Hbond substituents is 1. The first kappa shape index (κ1) is 31.1. The third-order valence-electron chi connectivity index (χ3n) is 8.03. The number of benzene rings is 2. The van der Waals surface area contributed by atoms with E-state index in [0.29, 0.717) is 5.56 Å². The largest absolute Gasteiger partial charge is 0.508 e. The van der Waals surface area contributed by atoms with Crippen molar-refractivity contribution in [2.45, 2.75) is 108 Å². The van der Waals surface area contributed by atoms with Crippen molar-refractivity contribution in [2.24, 2.45) is 0 Å². The molecule has 3 N–H and O–H groups in total. The molecule has 0 spiro atoms. The summed E-state index contributed by atoms with van der Waals surface area (Å²) in [6.07, 6.45) is 8.86. The van der Waals surface area contributed by atoms with Crippen LogP contribution in [0.4, 0.5) is 4.79 Å². The molecule has 42 heavy (non-hydrogen) atoms. The monoisotopic (exact) mass is 575 g/mol. The van der Waals surface area contributed by atoms with E-state index in [1.165, 1.54) is 6.42 Å². The number of nitrogens with one attached hydrogen (secondary N) is 2. The highest BCUT2D eigenvalue weighted by molar-refractivity contribution is 5.93. The van der Waals surface area contributed by atoms with Crippen LogP contribution in [0.5, 0.6) is 5.75 Å². The van der Waals surface area contributed by atoms with Crippen molar-refractivity contribution in [3.05, 3.63) is 71.8 Å². The minimum absolute atomic E-state index is 0.0716. The average Bonchev–Trinajstić information content (AvgIpc) is 2.92. The number of ether oxygens (including phenoxy) is 1. The summed E-state index contributed by atoms with van der Waals surface area (Å²) in [6, 6.07) is 12.2. The van der Waals surface area contributed by atoms with Gasteiger partial charge in [0.2, 0.25) is 11.8 Å². The van der Waals surface area contributed by atoms with Crippen molar-refractivity contribution < 1.29 is 24.2 Å². The summed E-state index contributed by atoms with van der Waals surface area (Å²) in [7, 11) is 0. The van der Waals surface area contributed by atoms with Crippen molar-refractivity contribution >= 4 is 24.0 Å². The van der Waals surface area contributed by atoms with Crippen molar-refractivity contribution in [3.8, 4) is 5.75 Å². The van der Waals surface area contributed by atoms with Crippen LogP contribution in [0.25, 0.3) is 6.08 Å². The van der Waals surface area contributed by atoms with Gasteiger partial charge in [-0.1, -0.05) is 62.2 Å². The maximum Gasteiger partial charge on any atom is 0.408 e. The molecule has 3 amide bonds. The molecule has 0 heterocycles. The zero-order valence-electron chi connectivity index (χ0n) is 25.1. The summed E-state index contributed by atoms with van der Waals surface area (Å²) in [5, 5.41) is 15.9. The smallest absolute Gasteiger partial charge is 0.408 e. The number of amides is 3. The summed E-state index contributed by atoms with van der Waals surface area (Å²) >= 11 is 0. The zero-order chi connectivity index (χ0) is 30.3. The average molecular weight is 576 g/mol. The van der Waals surface area contributed by atoms with Gasteiger partial charge >= 0.3 is 6.09 Å². The minimum Gasteiger partial charge on any atom is -0.508 e. The van der Waals surface area contributed by atoms with E-state index in [9.17, 15) is 19.5 Å².